The molecule has 0 spiro atoms. The van der Waals surface area contributed by atoms with Gasteiger partial charge in [0.05, 0.1) is 0 Å². The van der Waals surface area contributed by atoms with Crippen molar-refractivity contribution in [1.82, 2.24) is 4.98 Å². The molecule has 64 valence electrons. The first-order valence-corrected chi connectivity index (χ1v) is 5.57. The molecular weight excluding hydrogens is 238 g/mol. The monoisotopic (exact) mass is 245 g/mol. The molecule has 2 rings (SSSR count). The molecule has 0 amide bonds. The summed E-state index contributed by atoms with van der Waals surface area (Å²) in [5, 5.41) is 2.49. The highest BCUT2D eigenvalue weighted by Gasteiger charge is 2.25. The molecule has 0 unspecified atom stereocenters. The van der Waals surface area contributed by atoms with Crippen molar-refractivity contribution < 1.29 is 4.79 Å². The number of thiazole rings is 1. The Bertz CT molecular complexity index is 306. The van der Waals surface area contributed by atoms with Crippen molar-refractivity contribution >= 4 is 33.0 Å². The lowest BCUT2D eigenvalue weighted by molar-refractivity contribution is 0.0975. The van der Waals surface area contributed by atoms with E-state index in [1.165, 1.54) is 24.2 Å². The summed E-state index contributed by atoms with van der Waals surface area (Å²) >= 11 is 4.65. The molecule has 1 heterocycles. The van der Waals surface area contributed by atoms with Gasteiger partial charge in [0.1, 0.15) is 4.60 Å². The predicted octanol–water partition coefficient (Wildman–Crippen LogP) is 2.89. The molecular formula is C8H8BrNOS. The molecule has 0 atom stereocenters. The van der Waals surface area contributed by atoms with E-state index in [0.29, 0.717) is 17.3 Å². The van der Waals surface area contributed by atoms with E-state index in [0.717, 1.165) is 4.60 Å². The van der Waals surface area contributed by atoms with Crippen LogP contribution in [0.15, 0.2) is 9.98 Å². The molecule has 1 aliphatic carbocycles. The Kier molecular flexibility index (Phi) is 2.28. The van der Waals surface area contributed by atoms with Crippen molar-refractivity contribution in [1.29, 1.82) is 0 Å². The maximum Gasteiger partial charge on any atom is 0.191 e. The van der Waals surface area contributed by atoms with E-state index >= 15 is 0 Å². The van der Waals surface area contributed by atoms with Crippen LogP contribution in [0.4, 0.5) is 0 Å². The third-order valence-corrected chi connectivity index (χ3v) is 3.48. The van der Waals surface area contributed by atoms with Crippen LogP contribution < -0.4 is 0 Å². The fourth-order valence-corrected chi connectivity index (χ4v) is 2.26. The number of carbonyl (C=O) groups is 1. The molecule has 4 heteroatoms. The Morgan fingerprint density at radius 3 is 3.00 bits per heavy atom. The third-order valence-electron chi connectivity index (χ3n) is 1.89. The third kappa shape index (κ3) is 1.93. The topological polar surface area (TPSA) is 30.0 Å². The number of hydrogen-bond donors (Lipinski definition) is 0. The average Bonchev–Trinajstić information content (AvgIpc) is 2.72. The van der Waals surface area contributed by atoms with Gasteiger partial charge in [-0.2, -0.15) is 0 Å². The number of halogens is 1. The van der Waals surface area contributed by atoms with Gasteiger partial charge in [0, 0.05) is 11.8 Å². The summed E-state index contributed by atoms with van der Waals surface area (Å²) in [6, 6.07) is 0. The van der Waals surface area contributed by atoms with Crippen molar-refractivity contribution in [3.8, 4) is 0 Å². The van der Waals surface area contributed by atoms with Crippen molar-refractivity contribution in [3.63, 3.8) is 0 Å². The van der Waals surface area contributed by atoms with Gasteiger partial charge in [-0.3, -0.25) is 4.79 Å². The van der Waals surface area contributed by atoms with Gasteiger partial charge in [-0.05, 0) is 34.7 Å². The van der Waals surface area contributed by atoms with E-state index in [1.54, 1.807) is 0 Å². The molecule has 1 saturated carbocycles. The number of nitrogens with zero attached hydrogens (tertiary/aromatic N) is 1. The highest BCUT2D eigenvalue weighted by atomic mass is 79.9. The number of ketones is 1. The second kappa shape index (κ2) is 3.26. The summed E-state index contributed by atoms with van der Waals surface area (Å²) in [5.74, 6) is 0.855. The molecule has 12 heavy (non-hydrogen) atoms. The number of Topliss-reactive ketones (excluding diaryl/α,β-unsaturated/α-hetero) is 1. The highest BCUT2D eigenvalue weighted by Crippen LogP contribution is 2.33. The first-order valence-electron chi connectivity index (χ1n) is 3.90. The Labute approximate surface area is 83.1 Å². The highest BCUT2D eigenvalue weighted by molar-refractivity contribution is 9.10. The SMILES string of the molecule is O=C(CC1CC1)c1nc(Br)cs1. The van der Waals surface area contributed by atoms with Crippen LogP contribution in [0.2, 0.25) is 0 Å². The van der Waals surface area contributed by atoms with Gasteiger partial charge in [-0.25, -0.2) is 4.98 Å². The minimum Gasteiger partial charge on any atom is -0.292 e. The summed E-state index contributed by atoms with van der Waals surface area (Å²) in [6.07, 6.45) is 3.14. The zero-order valence-corrected chi connectivity index (χ0v) is 8.82. The maximum absolute atomic E-state index is 11.4. The van der Waals surface area contributed by atoms with Crippen LogP contribution in [0, 0.1) is 5.92 Å². The molecule has 0 aliphatic heterocycles. The standard InChI is InChI=1S/C8H8BrNOS/c9-7-4-12-8(10-7)6(11)3-5-1-2-5/h4-5H,1-3H2. The van der Waals surface area contributed by atoms with Gasteiger partial charge in [0.2, 0.25) is 0 Å². The number of hydrogen-bond acceptors (Lipinski definition) is 3. The first-order chi connectivity index (χ1) is 5.75. The van der Waals surface area contributed by atoms with Gasteiger partial charge in [0.25, 0.3) is 0 Å². The minimum absolute atomic E-state index is 0.202. The normalized spacial score (nSPS) is 16.4. The lowest BCUT2D eigenvalue weighted by Gasteiger charge is -1.91. The van der Waals surface area contributed by atoms with Crippen molar-refractivity contribution in [3.05, 3.63) is 15.0 Å². The molecule has 1 fully saturated rings. The second-order valence-corrected chi connectivity index (χ2v) is 4.72. The molecule has 0 saturated heterocycles. The smallest absolute Gasteiger partial charge is 0.191 e. The molecule has 2 nitrogen and oxygen atoms in total. The molecule has 0 bridgehead atoms. The summed E-state index contributed by atoms with van der Waals surface area (Å²) < 4.78 is 0.770. The van der Waals surface area contributed by atoms with Gasteiger partial charge >= 0.3 is 0 Å². The summed E-state index contributed by atoms with van der Waals surface area (Å²) in [7, 11) is 0. The van der Waals surface area contributed by atoms with Gasteiger partial charge in [-0.15, -0.1) is 11.3 Å². The average molecular weight is 246 g/mol. The largest absolute Gasteiger partial charge is 0.292 e. The molecule has 0 N–H and O–H groups in total. The number of aromatic nitrogens is 1. The van der Waals surface area contributed by atoms with E-state index in [-0.39, 0.29) is 5.78 Å². The summed E-state index contributed by atoms with van der Waals surface area (Å²) in [4.78, 5) is 15.5. The van der Waals surface area contributed by atoms with Crippen LogP contribution >= 0.6 is 27.3 Å². The van der Waals surface area contributed by atoms with E-state index in [4.69, 9.17) is 0 Å². The van der Waals surface area contributed by atoms with Crippen molar-refractivity contribution in [2.24, 2.45) is 5.92 Å². The predicted molar refractivity (Wildman–Crippen MR) is 51.5 cm³/mol. The van der Waals surface area contributed by atoms with Gasteiger partial charge < -0.3 is 0 Å². The molecule has 0 aromatic carbocycles. The zero-order chi connectivity index (χ0) is 8.55. The fourth-order valence-electron chi connectivity index (χ4n) is 1.05. The lowest BCUT2D eigenvalue weighted by Crippen LogP contribution is -1.98. The molecule has 1 aliphatic rings. The van der Waals surface area contributed by atoms with Crippen molar-refractivity contribution in [2.75, 3.05) is 0 Å². The number of carbonyl (C=O) groups excluding carboxylic acids is 1. The Morgan fingerprint density at radius 2 is 2.50 bits per heavy atom. The Morgan fingerprint density at radius 1 is 1.75 bits per heavy atom. The van der Waals surface area contributed by atoms with Gasteiger partial charge in [0.15, 0.2) is 10.8 Å². The molecule has 1 aromatic rings. The Balaban J connectivity index is 2.03. The van der Waals surface area contributed by atoms with Crippen LogP contribution in [0.3, 0.4) is 0 Å². The van der Waals surface area contributed by atoms with Crippen LogP contribution in [0.1, 0.15) is 29.1 Å². The second-order valence-electron chi connectivity index (χ2n) is 3.05. The first kappa shape index (κ1) is 8.38. The van der Waals surface area contributed by atoms with Crippen LogP contribution in [-0.2, 0) is 0 Å². The van der Waals surface area contributed by atoms with Crippen molar-refractivity contribution in [2.45, 2.75) is 19.3 Å². The quantitative estimate of drug-likeness (QED) is 0.767. The summed E-state index contributed by atoms with van der Waals surface area (Å²) in [5.41, 5.74) is 0. The van der Waals surface area contributed by atoms with Gasteiger partial charge in [-0.1, -0.05) is 0 Å². The van der Waals surface area contributed by atoms with E-state index in [1.807, 2.05) is 5.38 Å². The van der Waals surface area contributed by atoms with E-state index in [2.05, 4.69) is 20.9 Å². The Hall–Kier alpha value is -0.220. The van der Waals surface area contributed by atoms with Crippen LogP contribution in [0.5, 0.6) is 0 Å². The molecule has 1 aromatic heterocycles. The van der Waals surface area contributed by atoms with Crippen LogP contribution in [-0.4, -0.2) is 10.8 Å². The molecule has 0 radical (unpaired) electrons. The summed E-state index contributed by atoms with van der Waals surface area (Å²) in [6.45, 7) is 0. The fraction of sp³-hybridized carbons (Fsp3) is 0.500. The maximum atomic E-state index is 11.4. The number of rotatable bonds is 3. The van der Waals surface area contributed by atoms with Crippen LogP contribution in [0.25, 0.3) is 0 Å². The zero-order valence-electron chi connectivity index (χ0n) is 6.42. The van der Waals surface area contributed by atoms with E-state index in [9.17, 15) is 4.79 Å². The minimum atomic E-state index is 0.202. The van der Waals surface area contributed by atoms with E-state index < -0.39 is 0 Å². The lowest BCUT2D eigenvalue weighted by atomic mass is 10.2.